The van der Waals surface area contributed by atoms with Gasteiger partial charge in [-0.25, -0.2) is 0 Å². The Labute approximate surface area is 204 Å². The molecule has 0 atom stereocenters. The van der Waals surface area contributed by atoms with Crippen molar-refractivity contribution in [2.24, 2.45) is 0 Å². The van der Waals surface area contributed by atoms with Gasteiger partial charge in [0, 0.05) is 0 Å². The summed E-state index contributed by atoms with van der Waals surface area (Å²) in [5.41, 5.74) is 10.3. The molecule has 0 heteroatoms. The van der Waals surface area contributed by atoms with E-state index in [-0.39, 0.29) is 5.41 Å². The zero-order valence-corrected chi connectivity index (χ0v) is 19.2. The highest BCUT2D eigenvalue weighted by Gasteiger charge is 2.44. The maximum absolute atomic E-state index is 2.46. The Kier molecular flexibility index (Phi) is 3.68. The summed E-state index contributed by atoms with van der Waals surface area (Å²) in [4.78, 5) is 0. The zero-order chi connectivity index (χ0) is 23.0. The SMILES string of the molecule is C1=CC2(c3ccccc3-c3ccccc3-c3ccccc32)c2c1ccc1ccc3ccccc3c21. The second-order valence-corrected chi connectivity index (χ2v) is 9.69. The van der Waals surface area contributed by atoms with Crippen LogP contribution in [0.3, 0.4) is 0 Å². The van der Waals surface area contributed by atoms with Crippen molar-refractivity contribution in [2.45, 2.75) is 5.41 Å². The Morgan fingerprint density at radius 3 is 1.69 bits per heavy atom. The molecule has 0 nitrogen and oxygen atoms in total. The summed E-state index contributed by atoms with van der Waals surface area (Å²) in [6, 6.07) is 44.9. The molecule has 0 bridgehead atoms. The van der Waals surface area contributed by atoms with Crippen LogP contribution in [0.1, 0.15) is 22.3 Å². The third-order valence-corrected chi connectivity index (χ3v) is 8.06. The summed E-state index contributed by atoms with van der Waals surface area (Å²) >= 11 is 0. The fourth-order valence-electron chi connectivity index (χ4n) is 6.65. The van der Waals surface area contributed by atoms with Gasteiger partial charge in [-0.15, -0.1) is 0 Å². The van der Waals surface area contributed by atoms with E-state index in [0.717, 1.165) is 0 Å². The standard InChI is InChI=1S/C35H22/c1-2-10-26-23(9-1)17-18-24-19-20-25-21-22-35(34(25)33(24)26)31-15-7-5-13-29(31)27-11-3-4-12-28(27)30-14-6-8-16-32(30)35/h1-22H. The first kappa shape index (κ1) is 18.9. The number of hydrogen-bond donors (Lipinski definition) is 0. The van der Waals surface area contributed by atoms with Gasteiger partial charge in [0.15, 0.2) is 0 Å². The van der Waals surface area contributed by atoms with Crippen LogP contribution < -0.4 is 0 Å². The van der Waals surface area contributed by atoms with Crippen LogP contribution in [-0.4, -0.2) is 0 Å². The van der Waals surface area contributed by atoms with Gasteiger partial charge in [-0.1, -0.05) is 133 Å². The second-order valence-electron chi connectivity index (χ2n) is 9.69. The lowest BCUT2D eigenvalue weighted by atomic mass is 9.67. The molecule has 2 aliphatic carbocycles. The molecule has 2 aliphatic rings. The van der Waals surface area contributed by atoms with E-state index in [4.69, 9.17) is 0 Å². The van der Waals surface area contributed by atoms with Crippen LogP contribution in [0.5, 0.6) is 0 Å². The van der Waals surface area contributed by atoms with Crippen LogP contribution in [0, 0.1) is 0 Å². The Bertz CT molecular complexity index is 1780. The first-order chi connectivity index (χ1) is 17.4. The maximum Gasteiger partial charge on any atom is 0.0659 e. The first-order valence-electron chi connectivity index (χ1n) is 12.3. The molecule has 0 heterocycles. The van der Waals surface area contributed by atoms with E-state index in [9.17, 15) is 0 Å². The fourth-order valence-corrected chi connectivity index (χ4v) is 6.65. The minimum absolute atomic E-state index is 0.370. The second kappa shape index (κ2) is 6.81. The van der Waals surface area contributed by atoms with E-state index in [1.54, 1.807) is 0 Å². The van der Waals surface area contributed by atoms with Crippen molar-refractivity contribution in [3.05, 3.63) is 150 Å². The summed E-state index contributed by atoms with van der Waals surface area (Å²) in [5, 5.41) is 5.26. The molecule has 6 aromatic carbocycles. The summed E-state index contributed by atoms with van der Waals surface area (Å²) in [6.07, 6.45) is 4.81. The molecule has 0 saturated heterocycles. The highest BCUT2D eigenvalue weighted by Crippen LogP contribution is 2.57. The number of rotatable bonds is 0. The van der Waals surface area contributed by atoms with Gasteiger partial charge in [0.1, 0.15) is 0 Å². The Morgan fingerprint density at radius 1 is 0.429 bits per heavy atom. The topological polar surface area (TPSA) is 0 Å². The summed E-state index contributed by atoms with van der Waals surface area (Å²) in [5.74, 6) is 0. The van der Waals surface area contributed by atoms with Gasteiger partial charge in [-0.05, 0) is 66.1 Å². The molecule has 0 N–H and O–H groups in total. The quantitative estimate of drug-likeness (QED) is 0.206. The summed E-state index contributed by atoms with van der Waals surface area (Å²) in [7, 11) is 0. The molecule has 1 spiro atoms. The minimum Gasteiger partial charge on any atom is -0.0645 e. The van der Waals surface area contributed by atoms with Crippen LogP contribution in [0.4, 0.5) is 0 Å². The third kappa shape index (κ3) is 2.36. The molecule has 35 heavy (non-hydrogen) atoms. The Hall–Kier alpha value is -4.42. The predicted molar refractivity (Wildman–Crippen MR) is 148 cm³/mol. The molecule has 6 aromatic rings. The van der Waals surface area contributed by atoms with Crippen LogP contribution in [0.2, 0.25) is 0 Å². The largest absolute Gasteiger partial charge is 0.0659 e. The van der Waals surface area contributed by atoms with Crippen LogP contribution in [-0.2, 0) is 5.41 Å². The highest BCUT2D eigenvalue weighted by molar-refractivity contribution is 6.12. The number of allylic oxidation sites excluding steroid dienone is 1. The minimum atomic E-state index is -0.370. The molecule has 0 aromatic heterocycles. The summed E-state index contributed by atoms with van der Waals surface area (Å²) in [6.45, 7) is 0. The lowest BCUT2D eigenvalue weighted by molar-refractivity contribution is 0.811. The van der Waals surface area contributed by atoms with Gasteiger partial charge in [0.25, 0.3) is 0 Å². The van der Waals surface area contributed by atoms with Crippen molar-refractivity contribution in [1.82, 2.24) is 0 Å². The average Bonchev–Trinajstić information content (AvgIpc) is 3.29. The van der Waals surface area contributed by atoms with Crippen molar-refractivity contribution in [3.63, 3.8) is 0 Å². The Balaban J connectivity index is 1.64. The molecule has 0 aliphatic heterocycles. The molecule has 0 fully saturated rings. The lowest BCUT2D eigenvalue weighted by Gasteiger charge is -2.34. The van der Waals surface area contributed by atoms with Crippen molar-refractivity contribution < 1.29 is 0 Å². The van der Waals surface area contributed by atoms with Crippen LogP contribution >= 0.6 is 0 Å². The zero-order valence-electron chi connectivity index (χ0n) is 19.2. The van der Waals surface area contributed by atoms with Gasteiger partial charge in [0.05, 0.1) is 5.41 Å². The van der Waals surface area contributed by atoms with Gasteiger partial charge in [-0.2, -0.15) is 0 Å². The molecule has 8 rings (SSSR count). The molecule has 0 saturated carbocycles. The maximum atomic E-state index is 2.46. The van der Waals surface area contributed by atoms with Gasteiger partial charge in [0.2, 0.25) is 0 Å². The highest BCUT2D eigenvalue weighted by atomic mass is 14.5. The number of fused-ring (bicyclic) bond motifs is 13. The molecule has 0 unspecified atom stereocenters. The smallest absolute Gasteiger partial charge is 0.0645 e. The van der Waals surface area contributed by atoms with Gasteiger partial charge >= 0.3 is 0 Å². The van der Waals surface area contributed by atoms with Gasteiger partial charge in [-0.3, -0.25) is 0 Å². The molecule has 0 amide bonds. The van der Waals surface area contributed by atoms with Gasteiger partial charge < -0.3 is 0 Å². The van der Waals surface area contributed by atoms with E-state index >= 15 is 0 Å². The van der Waals surface area contributed by atoms with Crippen molar-refractivity contribution in [1.29, 1.82) is 0 Å². The first-order valence-corrected chi connectivity index (χ1v) is 12.3. The van der Waals surface area contributed by atoms with Crippen molar-refractivity contribution in [2.75, 3.05) is 0 Å². The monoisotopic (exact) mass is 442 g/mol. The molecular formula is C35H22. The third-order valence-electron chi connectivity index (χ3n) is 8.06. The van der Waals surface area contributed by atoms with Crippen molar-refractivity contribution >= 4 is 27.6 Å². The normalized spacial score (nSPS) is 14.4. The fraction of sp³-hybridized carbons (Fsp3) is 0.0286. The molecular weight excluding hydrogens is 420 g/mol. The summed E-state index contributed by atoms with van der Waals surface area (Å²) < 4.78 is 0. The van der Waals surface area contributed by atoms with E-state index in [1.807, 2.05) is 0 Å². The predicted octanol–water partition coefficient (Wildman–Crippen LogP) is 9.00. The van der Waals surface area contributed by atoms with Crippen LogP contribution in [0.15, 0.2) is 127 Å². The van der Waals surface area contributed by atoms with E-state index in [0.29, 0.717) is 0 Å². The molecule has 162 valence electrons. The number of benzene rings is 6. The van der Waals surface area contributed by atoms with Crippen molar-refractivity contribution in [3.8, 4) is 22.3 Å². The number of hydrogen-bond acceptors (Lipinski definition) is 0. The van der Waals surface area contributed by atoms with E-state index in [2.05, 4.69) is 133 Å². The average molecular weight is 443 g/mol. The Morgan fingerprint density at radius 2 is 0.971 bits per heavy atom. The van der Waals surface area contributed by atoms with E-state index < -0.39 is 0 Å². The van der Waals surface area contributed by atoms with Crippen LogP contribution in [0.25, 0.3) is 49.9 Å². The molecule has 0 radical (unpaired) electrons. The van der Waals surface area contributed by atoms with E-state index in [1.165, 1.54) is 66.1 Å². The lowest BCUT2D eigenvalue weighted by Crippen LogP contribution is -2.26.